The second kappa shape index (κ2) is 7.40. The molecule has 1 heterocycles. The molecule has 0 unspecified atom stereocenters. The van der Waals surface area contributed by atoms with Crippen LogP contribution < -0.4 is 8.92 Å². The third kappa shape index (κ3) is 4.11. The molecule has 0 bridgehead atoms. The predicted octanol–water partition coefficient (Wildman–Crippen LogP) is 3.91. The normalized spacial score (nSPS) is 11.6. The topological polar surface area (TPSA) is 70.4 Å². The maximum atomic E-state index is 13.2. The molecule has 0 aliphatic rings. The van der Waals surface area contributed by atoms with Crippen LogP contribution in [0.1, 0.15) is 25.5 Å². The monoisotopic (exact) mass is 390 g/mol. The highest BCUT2D eigenvalue weighted by Crippen LogP contribution is 2.27. The SMILES string of the molecule is COc1ccc(S(=O)(=O)Oc2cc(C(C)C)nn2-c2ccc(F)cc2)cc1. The van der Waals surface area contributed by atoms with Gasteiger partial charge in [-0.05, 0) is 54.4 Å². The van der Waals surface area contributed by atoms with Gasteiger partial charge < -0.3 is 8.92 Å². The van der Waals surface area contributed by atoms with Crippen molar-refractivity contribution in [1.29, 1.82) is 0 Å². The van der Waals surface area contributed by atoms with Crippen LogP contribution in [0.25, 0.3) is 5.69 Å². The summed E-state index contributed by atoms with van der Waals surface area (Å²) in [4.78, 5) is -0.0127. The summed E-state index contributed by atoms with van der Waals surface area (Å²) in [5.41, 5.74) is 1.14. The van der Waals surface area contributed by atoms with Crippen LogP contribution in [0.2, 0.25) is 0 Å². The second-order valence-corrected chi connectivity index (χ2v) is 7.71. The molecule has 0 atom stereocenters. The van der Waals surface area contributed by atoms with Crippen molar-refractivity contribution in [2.75, 3.05) is 7.11 Å². The van der Waals surface area contributed by atoms with Gasteiger partial charge in [-0.25, -0.2) is 4.39 Å². The van der Waals surface area contributed by atoms with E-state index in [1.54, 1.807) is 6.07 Å². The molecule has 0 N–H and O–H groups in total. The van der Waals surface area contributed by atoms with E-state index in [0.29, 0.717) is 17.1 Å². The van der Waals surface area contributed by atoms with Crippen molar-refractivity contribution in [2.24, 2.45) is 0 Å². The Kier molecular flexibility index (Phi) is 5.18. The van der Waals surface area contributed by atoms with Crippen molar-refractivity contribution in [3.05, 3.63) is 66.1 Å². The third-order valence-corrected chi connectivity index (χ3v) is 5.14. The minimum absolute atomic E-state index is 0.0127. The fraction of sp³-hybridized carbons (Fsp3) is 0.211. The molecule has 0 spiro atoms. The number of ether oxygens (including phenoxy) is 1. The Morgan fingerprint density at radius 2 is 1.67 bits per heavy atom. The number of benzene rings is 2. The van der Waals surface area contributed by atoms with Crippen molar-refractivity contribution >= 4 is 10.1 Å². The summed E-state index contributed by atoms with van der Waals surface area (Å²) in [5.74, 6) is 0.217. The van der Waals surface area contributed by atoms with Gasteiger partial charge in [-0.1, -0.05) is 13.8 Å². The van der Waals surface area contributed by atoms with Gasteiger partial charge in [0.05, 0.1) is 18.5 Å². The molecule has 0 radical (unpaired) electrons. The zero-order chi connectivity index (χ0) is 19.6. The van der Waals surface area contributed by atoms with Crippen molar-refractivity contribution in [2.45, 2.75) is 24.7 Å². The Balaban J connectivity index is 2.00. The Morgan fingerprint density at radius 3 is 2.22 bits per heavy atom. The van der Waals surface area contributed by atoms with E-state index in [-0.39, 0.29) is 16.7 Å². The Morgan fingerprint density at radius 1 is 1.04 bits per heavy atom. The van der Waals surface area contributed by atoms with Crippen LogP contribution in [0.5, 0.6) is 11.6 Å². The van der Waals surface area contributed by atoms with Gasteiger partial charge >= 0.3 is 10.1 Å². The molecule has 2 aromatic carbocycles. The quantitative estimate of drug-likeness (QED) is 0.597. The summed E-state index contributed by atoms with van der Waals surface area (Å²) < 4.78 is 50.3. The lowest BCUT2D eigenvalue weighted by atomic mass is 10.1. The van der Waals surface area contributed by atoms with Crippen LogP contribution in [0.15, 0.2) is 59.5 Å². The van der Waals surface area contributed by atoms with E-state index in [0.717, 1.165) is 0 Å². The average molecular weight is 390 g/mol. The van der Waals surface area contributed by atoms with Gasteiger partial charge in [0, 0.05) is 6.07 Å². The van der Waals surface area contributed by atoms with E-state index < -0.39 is 15.9 Å². The number of hydrogen-bond donors (Lipinski definition) is 0. The number of hydrogen-bond acceptors (Lipinski definition) is 5. The first-order chi connectivity index (χ1) is 12.8. The highest BCUT2D eigenvalue weighted by Gasteiger charge is 2.22. The fourth-order valence-electron chi connectivity index (χ4n) is 2.39. The van der Waals surface area contributed by atoms with Crippen molar-refractivity contribution < 1.29 is 21.7 Å². The lowest BCUT2D eigenvalue weighted by Gasteiger charge is -2.10. The van der Waals surface area contributed by atoms with Crippen molar-refractivity contribution in [3.8, 4) is 17.3 Å². The van der Waals surface area contributed by atoms with Crippen molar-refractivity contribution in [3.63, 3.8) is 0 Å². The molecule has 0 aliphatic carbocycles. The summed E-state index contributed by atoms with van der Waals surface area (Å²) in [6.07, 6.45) is 0. The summed E-state index contributed by atoms with van der Waals surface area (Å²) in [6, 6.07) is 13.0. The standard InChI is InChI=1S/C19H19FN2O4S/c1-13(2)18-12-19(22(21-18)15-6-4-14(20)5-7-15)26-27(23,24)17-10-8-16(25-3)9-11-17/h4-13H,1-3H3. The molecular weight excluding hydrogens is 371 g/mol. The first kappa shape index (κ1) is 18.9. The summed E-state index contributed by atoms with van der Waals surface area (Å²) in [6.45, 7) is 3.86. The molecule has 0 amide bonds. The van der Waals surface area contributed by atoms with Gasteiger partial charge in [0.1, 0.15) is 16.5 Å². The lowest BCUT2D eigenvalue weighted by Crippen LogP contribution is -2.12. The zero-order valence-electron chi connectivity index (χ0n) is 15.1. The number of methoxy groups -OCH3 is 1. The third-order valence-electron chi connectivity index (χ3n) is 3.90. The van der Waals surface area contributed by atoms with E-state index in [2.05, 4.69) is 5.10 Å². The molecule has 1 aromatic heterocycles. The number of rotatable bonds is 6. The van der Waals surface area contributed by atoms with Crippen LogP contribution in [-0.2, 0) is 10.1 Å². The smallest absolute Gasteiger partial charge is 0.340 e. The van der Waals surface area contributed by atoms with E-state index in [9.17, 15) is 12.8 Å². The number of halogens is 1. The summed E-state index contributed by atoms with van der Waals surface area (Å²) in [7, 11) is -2.59. The Bertz CT molecular complexity index is 1030. The lowest BCUT2D eigenvalue weighted by molar-refractivity contribution is 0.414. The highest BCUT2D eigenvalue weighted by atomic mass is 32.2. The van der Waals surface area contributed by atoms with Gasteiger partial charge in [-0.15, -0.1) is 0 Å². The van der Waals surface area contributed by atoms with Gasteiger partial charge in [0.15, 0.2) is 0 Å². The molecule has 6 nitrogen and oxygen atoms in total. The predicted molar refractivity (Wildman–Crippen MR) is 98.4 cm³/mol. The van der Waals surface area contributed by atoms with Crippen molar-refractivity contribution in [1.82, 2.24) is 9.78 Å². The zero-order valence-corrected chi connectivity index (χ0v) is 15.9. The van der Waals surface area contributed by atoms with Gasteiger partial charge in [0.25, 0.3) is 0 Å². The van der Waals surface area contributed by atoms with Crippen LogP contribution in [-0.4, -0.2) is 25.3 Å². The number of aromatic nitrogens is 2. The van der Waals surface area contributed by atoms with E-state index >= 15 is 0 Å². The van der Waals surface area contributed by atoms with E-state index in [1.807, 2.05) is 13.8 Å². The van der Waals surface area contributed by atoms with E-state index in [1.165, 1.54) is 60.3 Å². The molecule has 142 valence electrons. The molecule has 0 fully saturated rings. The molecule has 3 rings (SSSR count). The second-order valence-electron chi connectivity index (χ2n) is 6.16. The van der Waals surface area contributed by atoms with Crippen LogP contribution >= 0.6 is 0 Å². The first-order valence-corrected chi connectivity index (χ1v) is 9.65. The van der Waals surface area contributed by atoms with Crippen LogP contribution in [0.3, 0.4) is 0 Å². The molecule has 8 heteroatoms. The first-order valence-electron chi connectivity index (χ1n) is 8.24. The fourth-order valence-corrected chi connectivity index (χ4v) is 3.30. The highest BCUT2D eigenvalue weighted by molar-refractivity contribution is 7.87. The molecule has 27 heavy (non-hydrogen) atoms. The Labute approximate surface area is 157 Å². The molecule has 0 saturated carbocycles. The van der Waals surface area contributed by atoms with Gasteiger partial charge in [0.2, 0.25) is 5.88 Å². The molecule has 3 aromatic rings. The molecule has 0 saturated heterocycles. The van der Waals surface area contributed by atoms with Gasteiger partial charge in [-0.3, -0.25) is 0 Å². The minimum Gasteiger partial charge on any atom is -0.497 e. The van der Waals surface area contributed by atoms with Crippen LogP contribution in [0.4, 0.5) is 4.39 Å². The molecule has 0 aliphatic heterocycles. The largest absolute Gasteiger partial charge is 0.497 e. The molecular formula is C19H19FN2O4S. The average Bonchev–Trinajstić information content (AvgIpc) is 3.06. The van der Waals surface area contributed by atoms with Crippen LogP contribution in [0, 0.1) is 5.82 Å². The summed E-state index contributed by atoms with van der Waals surface area (Å²) >= 11 is 0. The number of nitrogens with zero attached hydrogens (tertiary/aromatic N) is 2. The summed E-state index contributed by atoms with van der Waals surface area (Å²) in [5, 5.41) is 4.40. The van der Waals surface area contributed by atoms with E-state index in [4.69, 9.17) is 8.92 Å². The maximum absolute atomic E-state index is 13.2. The van der Waals surface area contributed by atoms with Gasteiger partial charge in [-0.2, -0.15) is 18.2 Å². The maximum Gasteiger partial charge on any atom is 0.340 e. The minimum atomic E-state index is -4.08. The Hall–Kier alpha value is -2.87.